The van der Waals surface area contributed by atoms with Crippen molar-refractivity contribution in [2.75, 3.05) is 7.11 Å². The number of hydrogen-bond acceptors (Lipinski definition) is 7. The van der Waals surface area contributed by atoms with E-state index >= 15 is 0 Å². The minimum Gasteiger partial charge on any atom is -0.493 e. The summed E-state index contributed by atoms with van der Waals surface area (Å²) in [5, 5.41) is 15.4. The lowest BCUT2D eigenvalue weighted by Gasteiger charge is -2.20. The fourth-order valence-electron chi connectivity index (χ4n) is 3.50. The third-order valence-corrected chi connectivity index (χ3v) is 6.33. The second-order valence-electron chi connectivity index (χ2n) is 7.85. The number of nitrogens with zero attached hydrogens (tertiary/aromatic N) is 4. The lowest BCUT2D eigenvalue weighted by atomic mass is 10.1. The molecule has 0 aliphatic carbocycles. The number of rotatable bonds is 6. The van der Waals surface area contributed by atoms with E-state index in [1.807, 2.05) is 43.3 Å². The van der Waals surface area contributed by atoms with Gasteiger partial charge in [0.1, 0.15) is 11.7 Å². The number of aromatic nitrogens is 1. The Morgan fingerprint density at radius 2 is 1.94 bits per heavy atom. The average molecular weight is 484 g/mol. The Balaban J connectivity index is 1.37. The molecular formula is C26H21N5O3S. The van der Waals surface area contributed by atoms with Gasteiger partial charge in [0.25, 0.3) is 5.91 Å². The number of pyridine rings is 1. The molecule has 0 fully saturated rings. The smallest absolute Gasteiger partial charge is 0.283 e. The molecule has 1 N–H and O–H groups in total. The molecule has 3 heterocycles. The van der Waals surface area contributed by atoms with Gasteiger partial charge in [0.15, 0.2) is 17.3 Å². The molecule has 2 aromatic carbocycles. The van der Waals surface area contributed by atoms with Crippen molar-refractivity contribution in [1.82, 2.24) is 9.99 Å². The number of fused-ring (bicyclic) bond motifs is 1. The molecule has 0 unspecified atom stereocenters. The summed E-state index contributed by atoms with van der Waals surface area (Å²) in [6.07, 6.45) is 4.97. The molecule has 0 radical (unpaired) electrons. The molecule has 2 aliphatic heterocycles. The predicted molar refractivity (Wildman–Crippen MR) is 137 cm³/mol. The maximum atomic E-state index is 12.7. The van der Waals surface area contributed by atoms with Gasteiger partial charge in [-0.15, -0.1) is 0 Å². The van der Waals surface area contributed by atoms with Crippen LogP contribution in [0.1, 0.15) is 22.3 Å². The summed E-state index contributed by atoms with van der Waals surface area (Å²) in [5.74, 6) is 0.585. The van der Waals surface area contributed by atoms with Crippen molar-refractivity contribution in [2.24, 2.45) is 10.1 Å². The van der Waals surface area contributed by atoms with Crippen LogP contribution in [0.15, 0.2) is 82.7 Å². The standard InChI is InChI=1S/C26H21N5O3S/c1-16-5-7-17(8-6-16)15-34-21-10-9-18(13-22(21)33-2)12-20-23(27)31-26(29-24(20)32)35-25(30-31)19-4-3-11-28-14-19/h3-14,27H,15H2,1-2H3. The van der Waals surface area contributed by atoms with E-state index in [0.717, 1.165) is 11.1 Å². The van der Waals surface area contributed by atoms with Crippen molar-refractivity contribution in [3.05, 3.63) is 94.8 Å². The number of hydrazone groups is 1. The van der Waals surface area contributed by atoms with Crippen LogP contribution in [0.25, 0.3) is 6.08 Å². The van der Waals surface area contributed by atoms with Crippen molar-refractivity contribution < 1.29 is 14.3 Å². The topological polar surface area (TPSA) is 100 Å². The molecule has 174 valence electrons. The Morgan fingerprint density at radius 1 is 1.11 bits per heavy atom. The van der Waals surface area contributed by atoms with Gasteiger partial charge in [-0.2, -0.15) is 15.1 Å². The Kier molecular flexibility index (Phi) is 6.15. The second-order valence-corrected chi connectivity index (χ2v) is 8.81. The van der Waals surface area contributed by atoms with Crippen LogP contribution in [0.2, 0.25) is 0 Å². The Bertz CT molecular complexity index is 1400. The SMILES string of the molecule is COc1cc(C=C2C(=N)N3N=C(c4cccnc4)SC3=NC2=O)ccc1OCc1ccc(C)cc1. The molecular weight excluding hydrogens is 462 g/mol. The molecule has 0 spiro atoms. The highest BCUT2D eigenvalue weighted by atomic mass is 32.2. The summed E-state index contributed by atoms with van der Waals surface area (Å²) in [6.45, 7) is 2.44. The molecule has 0 saturated heterocycles. The van der Waals surface area contributed by atoms with Crippen LogP contribution >= 0.6 is 11.8 Å². The van der Waals surface area contributed by atoms with E-state index in [4.69, 9.17) is 14.9 Å². The molecule has 1 aromatic heterocycles. The van der Waals surface area contributed by atoms with Gasteiger partial charge in [-0.3, -0.25) is 15.2 Å². The van der Waals surface area contributed by atoms with Gasteiger partial charge >= 0.3 is 0 Å². The zero-order valence-corrected chi connectivity index (χ0v) is 19.9. The summed E-state index contributed by atoms with van der Waals surface area (Å²) in [5.41, 5.74) is 3.86. The number of thioether (sulfide) groups is 1. The number of carbonyl (C=O) groups is 1. The first-order chi connectivity index (χ1) is 17.0. The minimum absolute atomic E-state index is 0.0370. The fourth-order valence-corrected chi connectivity index (χ4v) is 4.38. The zero-order valence-electron chi connectivity index (χ0n) is 19.1. The van der Waals surface area contributed by atoms with Gasteiger partial charge in [-0.05, 0) is 60.2 Å². The van der Waals surface area contributed by atoms with Gasteiger partial charge in [0, 0.05) is 18.0 Å². The number of amides is 1. The number of aryl methyl sites for hydroxylation is 1. The van der Waals surface area contributed by atoms with Crippen molar-refractivity contribution in [1.29, 1.82) is 5.41 Å². The van der Waals surface area contributed by atoms with E-state index in [1.165, 1.54) is 22.3 Å². The number of ether oxygens (including phenoxy) is 2. The summed E-state index contributed by atoms with van der Waals surface area (Å²) >= 11 is 1.24. The normalized spacial score (nSPS) is 16.2. The van der Waals surface area contributed by atoms with Crippen LogP contribution in [0.4, 0.5) is 0 Å². The van der Waals surface area contributed by atoms with Crippen LogP contribution in [0, 0.1) is 12.3 Å². The van der Waals surface area contributed by atoms with E-state index in [0.29, 0.717) is 33.9 Å². The summed E-state index contributed by atoms with van der Waals surface area (Å²) in [6, 6.07) is 17.2. The van der Waals surface area contributed by atoms with E-state index in [9.17, 15) is 4.79 Å². The average Bonchev–Trinajstić information content (AvgIpc) is 3.31. The number of aliphatic imine (C=N–C) groups is 1. The number of methoxy groups -OCH3 is 1. The number of benzene rings is 2. The Hall–Kier alpha value is -4.24. The zero-order chi connectivity index (χ0) is 24.4. The molecule has 8 nitrogen and oxygen atoms in total. The first-order valence-corrected chi connectivity index (χ1v) is 11.6. The molecule has 0 bridgehead atoms. The molecule has 9 heteroatoms. The van der Waals surface area contributed by atoms with Crippen molar-refractivity contribution in [2.45, 2.75) is 13.5 Å². The van der Waals surface area contributed by atoms with E-state index in [2.05, 4.69) is 15.1 Å². The number of nitrogens with one attached hydrogen (secondary N) is 1. The second kappa shape index (κ2) is 9.55. The van der Waals surface area contributed by atoms with Gasteiger partial charge in [-0.1, -0.05) is 35.9 Å². The summed E-state index contributed by atoms with van der Waals surface area (Å²) in [4.78, 5) is 21.0. The van der Waals surface area contributed by atoms with Gasteiger partial charge in [0.05, 0.1) is 12.7 Å². The highest BCUT2D eigenvalue weighted by Crippen LogP contribution is 2.33. The third-order valence-electron chi connectivity index (χ3n) is 5.38. The number of hydrogen-bond donors (Lipinski definition) is 1. The van der Waals surface area contributed by atoms with Crippen LogP contribution < -0.4 is 9.47 Å². The molecule has 2 aliphatic rings. The van der Waals surface area contributed by atoms with Crippen LogP contribution in [-0.4, -0.2) is 39.1 Å². The number of carbonyl (C=O) groups excluding carboxylic acids is 1. The third kappa shape index (κ3) is 4.71. The van der Waals surface area contributed by atoms with E-state index in [-0.39, 0.29) is 11.4 Å². The maximum absolute atomic E-state index is 12.7. The van der Waals surface area contributed by atoms with Crippen LogP contribution in [-0.2, 0) is 11.4 Å². The monoisotopic (exact) mass is 483 g/mol. The van der Waals surface area contributed by atoms with Crippen molar-refractivity contribution in [3.63, 3.8) is 0 Å². The lowest BCUT2D eigenvalue weighted by Crippen LogP contribution is -2.35. The van der Waals surface area contributed by atoms with Gasteiger partial charge in [-0.25, -0.2) is 0 Å². The van der Waals surface area contributed by atoms with Crippen molar-refractivity contribution in [3.8, 4) is 11.5 Å². The highest BCUT2D eigenvalue weighted by molar-refractivity contribution is 8.27. The number of amidine groups is 2. The fraction of sp³-hybridized carbons (Fsp3) is 0.115. The summed E-state index contributed by atoms with van der Waals surface area (Å²) < 4.78 is 11.4. The molecule has 1 amide bonds. The Labute approximate surface area is 206 Å². The van der Waals surface area contributed by atoms with Gasteiger partial charge in [0.2, 0.25) is 5.17 Å². The summed E-state index contributed by atoms with van der Waals surface area (Å²) in [7, 11) is 1.56. The highest BCUT2D eigenvalue weighted by Gasteiger charge is 2.36. The van der Waals surface area contributed by atoms with Crippen molar-refractivity contribution >= 4 is 39.8 Å². The van der Waals surface area contributed by atoms with Gasteiger partial charge < -0.3 is 9.47 Å². The molecule has 0 atom stereocenters. The van der Waals surface area contributed by atoms with E-state index in [1.54, 1.807) is 43.8 Å². The van der Waals surface area contributed by atoms with E-state index < -0.39 is 5.91 Å². The lowest BCUT2D eigenvalue weighted by molar-refractivity contribution is -0.114. The molecule has 5 rings (SSSR count). The predicted octanol–water partition coefficient (Wildman–Crippen LogP) is 4.65. The first-order valence-electron chi connectivity index (χ1n) is 10.8. The van der Waals surface area contributed by atoms with Crippen LogP contribution in [0.5, 0.6) is 11.5 Å². The molecule has 3 aromatic rings. The van der Waals surface area contributed by atoms with Crippen LogP contribution in [0.3, 0.4) is 0 Å². The molecule has 35 heavy (non-hydrogen) atoms. The minimum atomic E-state index is -0.491. The largest absolute Gasteiger partial charge is 0.493 e. The Morgan fingerprint density at radius 3 is 2.69 bits per heavy atom. The quantitative estimate of drug-likeness (QED) is 0.513. The maximum Gasteiger partial charge on any atom is 0.283 e. The first kappa shape index (κ1) is 22.5. The molecule has 0 saturated carbocycles.